The minimum atomic E-state index is -0.493. The zero-order chi connectivity index (χ0) is 17.4. The molecule has 2 fully saturated rings. The second-order valence-corrected chi connectivity index (χ2v) is 7.76. The zero-order valence-corrected chi connectivity index (χ0v) is 14.6. The van der Waals surface area contributed by atoms with Crippen LogP contribution < -0.4 is 10.6 Å². The predicted octanol–water partition coefficient (Wildman–Crippen LogP) is 2.01. The minimum Gasteiger partial charge on any atom is -0.508 e. The smallest absolute Gasteiger partial charge is 0.410 e. The quantitative estimate of drug-likeness (QED) is 0.733. The maximum absolute atomic E-state index is 12.5. The third kappa shape index (κ3) is 3.49. The third-order valence-corrected chi connectivity index (χ3v) is 4.85. The van der Waals surface area contributed by atoms with Gasteiger partial charge < -0.3 is 20.1 Å². The average Bonchev–Trinajstić information content (AvgIpc) is 2.96. The molecule has 2 unspecified atom stereocenters. The number of piperidine rings is 1. The summed E-state index contributed by atoms with van der Waals surface area (Å²) in [5.41, 5.74) is 0.570. The normalized spacial score (nSPS) is 27.5. The average molecular weight is 333 g/mol. The summed E-state index contributed by atoms with van der Waals surface area (Å²) in [5.74, 6) is 0.402. The molecular formula is C18H27N3O3. The fourth-order valence-electron chi connectivity index (χ4n) is 3.63. The first-order chi connectivity index (χ1) is 11.3. The van der Waals surface area contributed by atoms with E-state index in [1.165, 1.54) is 0 Å². The molecule has 2 heterocycles. The molecule has 2 aliphatic heterocycles. The van der Waals surface area contributed by atoms with E-state index in [1.54, 1.807) is 17.0 Å². The number of benzene rings is 1. The molecule has 3 N–H and O–H groups in total. The first kappa shape index (κ1) is 17.0. The maximum Gasteiger partial charge on any atom is 0.410 e. The second-order valence-electron chi connectivity index (χ2n) is 7.76. The number of carbonyl (C=O) groups excluding carboxylic acids is 1. The molecule has 3 rings (SSSR count). The van der Waals surface area contributed by atoms with E-state index in [2.05, 4.69) is 10.6 Å². The van der Waals surface area contributed by atoms with Gasteiger partial charge in [-0.3, -0.25) is 5.32 Å². The molecular weight excluding hydrogens is 306 g/mol. The van der Waals surface area contributed by atoms with Gasteiger partial charge in [0.25, 0.3) is 0 Å². The number of nitrogens with zero attached hydrogens (tertiary/aromatic N) is 1. The molecule has 2 aliphatic rings. The van der Waals surface area contributed by atoms with Crippen LogP contribution in [0.4, 0.5) is 4.79 Å². The molecule has 6 nitrogen and oxygen atoms in total. The van der Waals surface area contributed by atoms with E-state index >= 15 is 0 Å². The van der Waals surface area contributed by atoms with Crippen LogP contribution in [0.25, 0.3) is 0 Å². The lowest BCUT2D eigenvalue weighted by atomic mass is 9.74. The molecule has 0 saturated carbocycles. The van der Waals surface area contributed by atoms with Gasteiger partial charge in [0.15, 0.2) is 0 Å². The van der Waals surface area contributed by atoms with Crippen molar-refractivity contribution in [3.63, 3.8) is 0 Å². The molecule has 0 bridgehead atoms. The number of ether oxygens (including phenoxy) is 1. The van der Waals surface area contributed by atoms with Crippen molar-refractivity contribution in [1.29, 1.82) is 0 Å². The number of phenolic OH excluding ortho intramolecular Hbond substituents is 1. The fraction of sp³-hybridized carbons (Fsp3) is 0.611. The lowest BCUT2D eigenvalue weighted by Gasteiger charge is -2.46. The Kier molecular flexibility index (Phi) is 4.44. The lowest BCUT2D eigenvalue weighted by molar-refractivity contribution is 0.0129. The molecule has 6 heteroatoms. The van der Waals surface area contributed by atoms with Crippen LogP contribution in [0.1, 0.15) is 38.7 Å². The van der Waals surface area contributed by atoms with Crippen molar-refractivity contribution in [1.82, 2.24) is 15.5 Å². The van der Waals surface area contributed by atoms with E-state index in [9.17, 15) is 9.90 Å². The van der Waals surface area contributed by atoms with Gasteiger partial charge in [0.2, 0.25) is 0 Å². The van der Waals surface area contributed by atoms with Crippen molar-refractivity contribution in [2.75, 3.05) is 26.3 Å². The monoisotopic (exact) mass is 333 g/mol. The van der Waals surface area contributed by atoms with Crippen LogP contribution >= 0.6 is 0 Å². The van der Waals surface area contributed by atoms with Crippen LogP contribution in [-0.2, 0) is 4.74 Å². The molecule has 1 aromatic carbocycles. The molecule has 0 radical (unpaired) electrons. The minimum absolute atomic E-state index is 0.0600. The van der Waals surface area contributed by atoms with Gasteiger partial charge in [-0.15, -0.1) is 0 Å². The number of hydrogen-bond donors (Lipinski definition) is 3. The molecule has 1 amide bonds. The number of amides is 1. The van der Waals surface area contributed by atoms with Crippen LogP contribution in [0.5, 0.6) is 5.75 Å². The van der Waals surface area contributed by atoms with Gasteiger partial charge in [-0.05, 0) is 44.9 Å². The summed E-state index contributed by atoms with van der Waals surface area (Å²) in [6.45, 7) is 8.59. The van der Waals surface area contributed by atoms with Crippen molar-refractivity contribution in [3.05, 3.63) is 29.8 Å². The summed E-state index contributed by atoms with van der Waals surface area (Å²) in [7, 11) is 0. The molecule has 24 heavy (non-hydrogen) atoms. The van der Waals surface area contributed by atoms with Gasteiger partial charge >= 0.3 is 6.09 Å². The standard InChI is InChI=1S/C18H27N3O3/c1-17(2,3)24-16(23)21-9-8-18(11-19-12-20-18)15(10-21)13-4-6-14(22)7-5-13/h4-7,15,19-20,22H,8-12H2,1-3H3. The van der Waals surface area contributed by atoms with Crippen molar-refractivity contribution in [2.24, 2.45) is 0 Å². The summed E-state index contributed by atoms with van der Waals surface area (Å²) < 4.78 is 5.54. The summed E-state index contributed by atoms with van der Waals surface area (Å²) >= 11 is 0. The van der Waals surface area contributed by atoms with E-state index in [4.69, 9.17) is 4.74 Å². The molecule has 2 saturated heterocycles. The van der Waals surface area contributed by atoms with E-state index in [0.717, 1.165) is 25.2 Å². The number of carbonyl (C=O) groups is 1. The van der Waals surface area contributed by atoms with Crippen molar-refractivity contribution < 1.29 is 14.6 Å². The number of hydrogen-bond acceptors (Lipinski definition) is 5. The molecule has 0 aliphatic carbocycles. The van der Waals surface area contributed by atoms with E-state index in [-0.39, 0.29) is 23.3 Å². The first-order valence-corrected chi connectivity index (χ1v) is 8.52. The SMILES string of the molecule is CC(C)(C)OC(=O)N1CCC2(CNCN2)C(c2ccc(O)cc2)C1. The van der Waals surface area contributed by atoms with Crippen molar-refractivity contribution in [3.8, 4) is 5.75 Å². The second kappa shape index (κ2) is 6.26. The Morgan fingerprint density at radius 2 is 2.04 bits per heavy atom. The van der Waals surface area contributed by atoms with Gasteiger partial charge in [0.1, 0.15) is 11.4 Å². The number of phenols is 1. The fourth-order valence-corrected chi connectivity index (χ4v) is 3.63. The highest BCUT2D eigenvalue weighted by Gasteiger charge is 2.46. The lowest BCUT2D eigenvalue weighted by Crippen LogP contribution is -2.58. The Balaban J connectivity index is 1.83. The number of aromatic hydroxyl groups is 1. The summed E-state index contributed by atoms with van der Waals surface area (Å²) in [6.07, 6.45) is 0.609. The van der Waals surface area contributed by atoms with E-state index in [0.29, 0.717) is 13.1 Å². The molecule has 1 spiro atoms. The summed E-state index contributed by atoms with van der Waals surface area (Å²) in [6, 6.07) is 7.30. The number of likely N-dealkylation sites (tertiary alicyclic amines) is 1. The topological polar surface area (TPSA) is 73.8 Å². The van der Waals surface area contributed by atoms with Gasteiger partial charge in [0, 0.05) is 37.8 Å². The molecule has 2 atom stereocenters. The predicted molar refractivity (Wildman–Crippen MR) is 92.0 cm³/mol. The Labute approximate surface area is 143 Å². The zero-order valence-electron chi connectivity index (χ0n) is 14.6. The van der Waals surface area contributed by atoms with Gasteiger partial charge in [0.05, 0.1) is 0 Å². The Morgan fingerprint density at radius 1 is 1.33 bits per heavy atom. The molecule has 132 valence electrons. The van der Waals surface area contributed by atoms with Gasteiger partial charge in [-0.1, -0.05) is 12.1 Å². The maximum atomic E-state index is 12.5. The van der Waals surface area contributed by atoms with Gasteiger partial charge in [-0.2, -0.15) is 0 Å². The highest BCUT2D eigenvalue weighted by Crippen LogP contribution is 2.38. The van der Waals surface area contributed by atoms with Crippen LogP contribution in [0.15, 0.2) is 24.3 Å². The summed E-state index contributed by atoms with van der Waals surface area (Å²) in [5, 5.41) is 16.5. The van der Waals surface area contributed by atoms with Crippen LogP contribution in [0, 0.1) is 0 Å². The highest BCUT2D eigenvalue weighted by atomic mass is 16.6. The Morgan fingerprint density at radius 3 is 2.62 bits per heavy atom. The number of rotatable bonds is 1. The van der Waals surface area contributed by atoms with Crippen LogP contribution in [0.2, 0.25) is 0 Å². The van der Waals surface area contributed by atoms with Crippen molar-refractivity contribution in [2.45, 2.75) is 44.2 Å². The Bertz CT molecular complexity index is 589. The largest absolute Gasteiger partial charge is 0.508 e. The Hall–Kier alpha value is -1.79. The molecule has 0 aromatic heterocycles. The third-order valence-electron chi connectivity index (χ3n) is 4.85. The molecule has 1 aromatic rings. The number of nitrogens with one attached hydrogen (secondary N) is 2. The van der Waals surface area contributed by atoms with E-state index in [1.807, 2.05) is 32.9 Å². The summed E-state index contributed by atoms with van der Waals surface area (Å²) in [4.78, 5) is 14.3. The van der Waals surface area contributed by atoms with Crippen LogP contribution in [-0.4, -0.2) is 53.5 Å². The van der Waals surface area contributed by atoms with Gasteiger partial charge in [-0.25, -0.2) is 4.79 Å². The highest BCUT2D eigenvalue weighted by molar-refractivity contribution is 5.68. The van der Waals surface area contributed by atoms with E-state index < -0.39 is 5.60 Å². The van der Waals surface area contributed by atoms with Crippen LogP contribution in [0.3, 0.4) is 0 Å². The van der Waals surface area contributed by atoms with Crippen molar-refractivity contribution >= 4 is 6.09 Å². The first-order valence-electron chi connectivity index (χ1n) is 8.52.